The maximum absolute atomic E-state index is 11.4. The lowest BCUT2D eigenvalue weighted by Gasteiger charge is -2.23. The van der Waals surface area contributed by atoms with Gasteiger partial charge in [-0.3, -0.25) is 4.84 Å². The van der Waals surface area contributed by atoms with Gasteiger partial charge < -0.3 is 5.32 Å². The Labute approximate surface area is 107 Å². The minimum absolute atomic E-state index is 0.178. The van der Waals surface area contributed by atoms with Crippen molar-refractivity contribution in [2.45, 2.75) is 26.2 Å². The van der Waals surface area contributed by atoms with Crippen LogP contribution in [0.3, 0.4) is 0 Å². The molecular weight excluding hydrogens is 230 g/mol. The van der Waals surface area contributed by atoms with Gasteiger partial charge in [-0.15, -0.1) is 0 Å². The lowest BCUT2D eigenvalue weighted by Crippen LogP contribution is -2.29. The Morgan fingerprint density at radius 1 is 1.39 bits per heavy atom. The number of nitrogens with one attached hydrogen (secondary N) is 2. The molecule has 0 radical (unpaired) electrons. The van der Waals surface area contributed by atoms with Crippen molar-refractivity contribution < 1.29 is 9.63 Å². The maximum atomic E-state index is 11.4. The van der Waals surface area contributed by atoms with E-state index in [0.29, 0.717) is 11.3 Å². The van der Waals surface area contributed by atoms with Crippen molar-refractivity contribution in [1.82, 2.24) is 5.48 Å². The molecule has 0 heterocycles. The van der Waals surface area contributed by atoms with Crippen molar-refractivity contribution >= 4 is 11.7 Å². The van der Waals surface area contributed by atoms with Gasteiger partial charge in [-0.2, -0.15) is 5.26 Å². The van der Waals surface area contributed by atoms with E-state index in [9.17, 15) is 4.79 Å². The van der Waals surface area contributed by atoms with Crippen LogP contribution in [0.2, 0.25) is 0 Å². The highest BCUT2D eigenvalue weighted by Crippen LogP contribution is 2.30. The maximum Gasteiger partial charge on any atom is 0.343 e. The number of nitrogens with zero attached hydrogens (tertiary/aromatic N) is 1. The third-order valence-corrected chi connectivity index (χ3v) is 2.40. The molecule has 0 atom stereocenters. The van der Waals surface area contributed by atoms with Crippen LogP contribution in [-0.2, 0) is 10.3 Å². The van der Waals surface area contributed by atoms with Crippen LogP contribution in [0.15, 0.2) is 18.2 Å². The molecule has 0 aliphatic rings. The largest absolute Gasteiger partial charge is 0.343 e. The second-order valence-electron chi connectivity index (χ2n) is 4.88. The summed E-state index contributed by atoms with van der Waals surface area (Å²) >= 11 is 0. The molecule has 5 nitrogen and oxygen atoms in total. The van der Waals surface area contributed by atoms with Gasteiger partial charge in [0.2, 0.25) is 0 Å². The quantitative estimate of drug-likeness (QED) is 0.789. The number of rotatable bonds is 2. The van der Waals surface area contributed by atoms with Crippen LogP contribution in [0.25, 0.3) is 0 Å². The molecule has 0 aliphatic heterocycles. The number of amides is 2. The molecule has 0 saturated carbocycles. The van der Waals surface area contributed by atoms with Gasteiger partial charge in [0.1, 0.15) is 0 Å². The number of hydroxylamine groups is 1. The molecule has 1 rings (SSSR count). The summed E-state index contributed by atoms with van der Waals surface area (Å²) in [6.45, 7) is 6.05. The molecule has 0 fully saturated rings. The van der Waals surface area contributed by atoms with E-state index in [2.05, 4.69) is 21.7 Å². The molecule has 96 valence electrons. The Morgan fingerprint density at radius 3 is 2.56 bits per heavy atom. The first-order valence-corrected chi connectivity index (χ1v) is 5.53. The zero-order valence-electron chi connectivity index (χ0n) is 11.0. The van der Waals surface area contributed by atoms with Crippen LogP contribution in [0.4, 0.5) is 10.5 Å². The summed E-state index contributed by atoms with van der Waals surface area (Å²) in [6, 6.07) is 6.80. The van der Waals surface area contributed by atoms with Crippen molar-refractivity contribution in [1.29, 1.82) is 5.26 Å². The van der Waals surface area contributed by atoms with Crippen LogP contribution in [-0.4, -0.2) is 13.1 Å². The van der Waals surface area contributed by atoms with E-state index in [4.69, 9.17) is 5.26 Å². The number of nitriles is 1. The van der Waals surface area contributed by atoms with Gasteiger partial charge in [-0.25, -0.2) is 10.3 Å². The minimum atomic E-state index is -0.451. The second-order valence-corrected chi connectivity index (χ2v) is 4.88. The van der Waals surface area contributed by atoms with Gasteiger partial charge in [0.25, 0.3) is 0 Å². The zero-order valence-corrected chi connectivity index (χ0v) is 11.0. The van der Waals surface area contributed by atoms with Crippen LogP contribution in [0, 0.1) is 11.3 Å². The second kappa shape index (κ2) is 5.52. The van der Waals surface area contributed by atoms with E-state index in [1.54, 1.807) is 18.2 Å². The predicted octanol–water partition coefficient (Wildman–Crippen LogP) is 2.54. The van der Waals surface area contributed by atoms with E-state index in [1.165, 1.54) is 7.11 Å². The molecule has 0 aromatic heterocycles. The number of hydrogen-bond acceptors (Lipinski definition) is 3. The molecule has 0 bridgehead atoms. The minimum Gasteiger partial charge on any atom is -0.306 e. The highest BCUT2D eigenvalue weighted by molar-refractivity contribution is 5.89. The van der Waals surface area contributed by atoms with Gasteiger partial charge in [0, 0.05) is 5.69 Å². The van der Waals surface area contributed by atoms with Crippen molar-refractivity contribution in [2.24, 2.45) is 0 Å². The summed E-state index contributed by atoms with van der Waals surface area (Å²) in [6.07, 6.45) is 0. The fraction of sp³-hybridized carbons (Fsp3) is 0.385. The monoisotopic (exact) mass is 247 g/mol. The Balaban J connectivity index is 3.12. The van der Waals surface area contributed by atoms with Gasteiger partial charge >= 0.3 is 6.03 Å². The fourth-order valence-corrected chi connectivity index (χ4v) is 1.58. The van der Waals surface area contributed by atoms with E-state index in [1.807, 2.05) is 20.8 Å². The Kier molecular flexibility index (Phi) is 4.29. The summed E-state index contributed by atoms with van der Waals surface area (Å²) in [4.78, 5) is 16.0. The van der Waals surface area contributed by atoms with E-state index >= 15 is 0 Å². The number of urea groups is 1. The highest BCUT2D eigenvalue weighted by atomic mass is 16.6. The molecule has 0 unspecified atom stereocenters. The molecular formula is C13H17N3O2. The lowest BCUT2D eigenvalue weighted by atomic mass is 9.85. The molecule has 1 aromatic carbocycles. The van der Waals surface area contributed by atoms with Gasteiger partial charge in [0.15, 0.2) is 0 Å². The average Bonchev–Trinajstić information content (AvgIpc) is 2.28. The van der Waals surface area contributed by atoms with Crippen molar-refractivity contribution in [3.05, 3.63) is 29.3 Å². The number of carbonyl (C=O) groups is 1. The van der Waals surface area contributed by atoms with Crippen LogP contribution in [0.5, 0.6) is 0 Å². The standard InChI is InChI=1S/C13H17N3O2/c1-13(2,3)10-7-9(8-14)5-6-11(10)15-12(17)16-18-4/h5-7H,1-4H3,(H2,15,16,17). The zero-order chi connectivity index (χ0) is 13.8. The highest BCUT2D eigenvalue weighted by Gasteiger charge is 2.19. The molecule has 2 amide bonds. The first-order valence-electron chi connectivity index (χ1n) is 5.53. The number of carbonyl (C=O) groups excluding carboxylic acids is 1. The molecule has 1 aromatic rings. The Hall–Kier alpha value is -2.06. The van der Waals surface area contributed by atoms with Crippen LogP contribution < -0.4 is 10.8 Å². The first kappa shape index (κ1) is 14.0. The van der Waals surface area contributed by atoms with Gasteiger partial charge in [-0.05, 0) is 29.2 Å². The summed E-state index contributed by atoms with van der Waals surface area (Å²) in [7, 11) is 1.36. The fourth-order valence-electron chi connectivity index (χ4n) is 1.58. The van der Waals surface area contributed by atoms with Crippen LogP contribution in [0.1, 0.15) is 31.9 Å². The lowest BCUT2D eigenvalue weighted by molar-refractivity contribution is 0.114. The van der Waals surface area contributed by atoms with E-state index in [-0.39, 0.29) is 5.41 Å². The Morgan fingerprint density at radius 2 is 2.06 bits per heavy atom. The summed E-state index contributed by atoms with van der Waals surface area (Å²) in [5, 5.41) is 11.6. The van der Waals surface area contributed by atoms with Crippen molar-refractivity contribution in [3.63, 3.8) is 0 Å². The smallest absolute Gasteiger partial charge is 0.306 e. The SMILES string of the molecule is CONC(=O)Nc1ccc(C#N)cc1C(C)(C)C. The summed E-state index contributed by atoms with van der Waals surface area (Å²) < 4.78 is 0. The van der Waals surface area contributed by atoms with Gasteiger partial charge in [-0.1, -0.05) is 20.8 Å². The molecule has 0 saturated heterocycles. The normalized spacial score (nSPS) is 10.6. The van der Waals surface area contributed by atoms with Gasteiger partial charge in [0.05, 0.1) is 18.7 Å². The first-order chi connectivity index (χ1) is 8.38. The number of anilines is 1. The van der Waals surface area contributed by atoms with E-state index in [0.717, 1.165) is 5.56 Å². The van der Waals surface area contributed by atoms with Crippen LogP contribution >= 0.6 is 0 Å². The predicted molar refractivity (Wildman–Crippen MR) is 69.0 cm³/mol. The third-order valence-electron chi connectivity index (χ3n) is 2.40. The molecule has 0 spiro atoms. The molecule has 18 heavy (non-hydrogen) atoms. The van der Waals surface area contributed by atoms with E-state index < -0.39 is 6.03 Å². The third kappa shape index (κ3) is 3.47. The Bertz CT molecular complexity index is 484. The molecule has 5 heteroatoms. The summed E-state index contributed by atoms with van der Waals surface area (Å²) in [5.41, 5.74) is 4.13. The number of hydrogen-bond donors (Lipinski definition) is 2. The average molecular weight is 247 g/mol. The van der Waals surface area contributed by atoms with Crippen molar-refractivity contribution in [3.8, 4) is 6.07 Å². The van der Waals surface area contributed by atoms with Crippen molar-refractivity contribution in [2.75, 3.05) is 12.4 Å². The summed E-state index contributed by atoms with van der Waals surface area (Å²) in [5.74, 6) is 0. The topological polar surface area (TPSA) is 74.2 Å². The number of benzene rings is 1. The molecule has 0 aliphatic carbocycles. The molecule has 2 N–H and O–H groups in total.